The number of carbonyl (C=O) groups excluding carboxylic acids is 2. The van der Waals surface area contributed by atoms with Crippen LogP contribution in [0.2, 0.25) is 0 Å². The minimum atomic E-state index is -4.47. The van der Waals surface area contributed by atoms with E-state index in [1.165, 1.54) is 37.3 Å². The van der Waals surface area contributed by atoms with Crippen LogP contribution in [0, 0.1) is 0 Å². The fraction of sp³-hybridized carbons (Fsp3) is 0.0909. The van der Waals surface area contributed by atoms with Gasteiger partial charge in [-0.2, -0.15) is 13.2 Å². The minimum absolute atomic E-state index is 0.154. The van der Waals surface area contributed by atoms with Crippen LogP contribution in [0.4, 0.5) is 30.2 Å². The minimum Gasteiger partial charge on any atom is -0.423 e. The van der Waals surface area contributed by atoms with E-state index >= 15 is 0 Å². The first-order chi connectivity index (χ1) is 14.2. The van der Waals surface area contributed by atoms with Crippen LogP contribution in [-0.2, 0) is 11.0 Å². The number of anilines is 3. The third-order valence-corrected chi connectivity index (χ3v) is 4.00. The summed E-state index contributed by atoms with van der Waals surface area (Å²) >= 11 is 0. The van der Waals surface area contributed by atoms with Crippen LogP contribution in [0.5, 0.6) is 5.75 Å². The highest BCUT2D eigenvalue weighted by atomic mass is 19.4. The van der Waals surface area contributed by atoms with E-state index in [0.717, 1.165) is 12.1 Å². The van der Waals surface area contributed by atoms with Crippen LogP contribution in [0.25, 0.3) is 0 Å². The van der Waals surface area contributed by atoms with Gasteiger partial charge in [0.05, 0.1) is 16.8 Å². The molecule has 2 N–H and O–H groups in total. The Kier molecular flexibility index (Phi) is 6.06. The summed E-state index contributed by atoms with van der Waals surface area (Å²) in [5.74, 6) is -0.658. The maximum Gasteiger partial charge on any atom is 0.416 e. The van der Waals surface area contributed by atoms with Crippen molar-refractivity contribution in [1.82, 2.24) is 0 Å². The van der Waals surface area contributed by atoms with Crippen molar-refractivity contribution >= 4 is 28.9 Å². The zero-order valence-corrected chi connectivity index (χ0v) is 15.8. The van der Waals surface area contributed by atoms with Gasteiger partial charge in [0.2, 0.25) is 5.91 Å². The molecule has 0 saturated heterocycles. The van der Waals surface area contributed by atoms with E-state index < -0.39 is 17.7 Å². The molecule has 0 unspecified atom stereocenters. The molecule has 0 heterocycles. The molecule has 154 valence electrons. The molecule has 0 atom stereocenters. The van der Waals surface area contributed by atoms with Gasteiger partial charge in [-0.3, -0.25) is 4.79 Å². The zero-order chi connectivity index (χ0) is 21.7. The number of amides is 1. The van der Waals surface area contributed by atoms with Gasteiger partial charge in [0.15, 0.2) is 0 Å². The first-order valence-corrected chi connectivity index (χ1v) is 8.85. The second-order valence-electron chi connectivity index (χ2n) is 6.34. The summed E-state index contributed by atoms with van der Waals surface area (Å²) in [6.07, 6.45) is -4.47. The van der Waals surface area contributed by atoms with Gasteiger partial charge >= 0.3 is 12.1 Å². The molecule has 0 bridgehead atoms. The van der Waals surface area contributed by atoms with Gasteiger partial charge in [-0.1, -0.05) is 18.2 Å². The molecule has 1 amide bonds. The highest BCUT2D eigenvalue weighted by molar-refractivity contribution is 5.97. The Balaban J connectivity index is 1.78. The Hall–Kier alpha value is -3.81. The standard InChI is InChI=1S/C22H17F3N2O3/c1-14(28)26-16-9-11-18(12-10-16)30-21(29)19-7-2-3-8-20(19)27-17-6-4-5-15(13-17)22(23,24)25/h2-13,27H,1H3,(H,26,28). The van der Waals surface area contributed by atoms with E-state index in [2.05, 4.69) is 10.6 Å². The maximum atomic E-state index is 12.9. The largest absolute Gasteiger partial charge is 0.423 e. The summed E-state index contributed by atoms with van der Waals surface area (Å²) in [4.78, 5) is 23.7. The number of ether oxygens (including phenoxy) is 1. The van der Waals surface area contributed by atoms with Gasteiger partial charge in [-0.05, 0) is 54.6 Å². The Labute approximate surface area is 170 Å². The van der Waals surface area contributed by atoms with E-state index in [-0.39, 0.29) is 22.9 Å². The molecule has 0 saturated carbocycles. The Bertz CT molecular complexity index is 1060. The second kappa shape index (κ2) is 8.69. The predicted octanol–water partition coefficient (Wildman–Crippen LogP) is 5.63. The number of hydrogen-bond donors (Lipinski definition) is 2. The van der Waals surface area contributed by atoms with Gasteiger partial charge in [0.1, 0.15) is 5.75 Å². The van der Waals surface area contributed by atoms with Crippen molar-refractivity contribution in [3.05, 3.63) is 83.9 Å². The van der Waals surface area contributed by atoms with Gasteiger partial charge in [-0.25, -0.2) is 4.79 Å². The van der Waals surface area contributed by atoms with E-state index in [1.807, 2.05) is 0 Å². The van der Waals surface area contributed by atoms with Crippen molar-refractivity contribution in [2.45, 2.75) is 13.1 Å². The number of benzene rings is 3. The molecule has 0 aliphatic carbocycles. The van der Waals surface area contributed by atoms with Crippen LogP contribution in [-0.4, -0.2) is 11.9 Å². The third kappa shape index (κ3) is 5.38. The van der Waals surface area contributed by atoms with Crippen molar-refractivity contribution in [3.8, 4) is 5.75 Å². The van der Waals surface area contributed by atoms with Crippen molar-refractivity contribution in [1.29, 1.82) is 0 Å². The maximum absolute atomic E-state index is 12.9. The summed E-state index contributed by atoms with van der Waals surface area (Å²) < 4.78 is 44.1. The number of alkyl halides is 3. The third-order valence-electron chi connectivity index (χ3n) is 4.00. The van der Waals surface area contributed by atoms with Crippen LogP contribution >= 0.6 is 0 Å². The summed E-state index contributed by atoms with van der Waals surface area (Å²) in [7, 11) is 0. The van der Waals surface area contributed by atoms with E-state index in [4.69, 9.17) is 4.74 Å². The summed E-state index contributed by atoms with van der Waals surface area (Å²) in [5, 5.41) is 5.43. The number of para-hydroxylation sites is 1. The molecule has 0 aromatic heterocycles. The van der Waals surface area contributed by atoms with E-state index in [1.54, 1.807) is 30.3 Å². The molecule has 5 nitrogen and oxygen atoms in total. The smallest absolute Gasteiger partial charge is 0.416 e. The lowest BCUT2D eigenvalue weighted by molar-refractivity contribution is -0.137. The Morgan fingerprint density at radius 1 is 0.867 bits per heavy atom. The Morgan fingerprint density at radius 2 is 1.57 bits per heavy atom. The summed E-state index contributed by atoms with van der Waals surface area (Å²) in [6, 6.07) is 17.2. The average molecular weight is 414 g/mol. The molecule has 0 fully saturated rings. The molecule has 3 aromatic carbocycles. The number of hydrogen-bond acceptors (Lipinski definition) is 4. The lowest BCUT2D eigenvalue weighted by atomic mass is 10.1. The zero-order valence-electron chi connectivity index (χ0n) is 15.8. The molecule has 0 aliphatic rings. The van der Waals surface area contributed by atoms with Crippen molar-refractivity contribution in [2.75, 3.05) is 10.6 Å². The molecular weight excluding hydrogens is 397 g/mol. The molecule has 3 aromatic rings. The van der Waals surface area contributed by atoms with Crippen LogP contribution in [0.3, 0.4) is 0 Å². The molecule has 30 heavy (non-hydrogen) atoms. The molecule has 3 rings (SSSR count). The monoisotopic (exact) mass is 414 g/mol. The Morgan fingerprint density at radius 3 is 2.23 bits per heavy atom. The van der Waals surface area contributed by atoms with Crippen molar-refractivity contribution < 1.29 is 27.5 Å². The first-order valence-electron chi connectivity index (χ1n) is 8.85. The van der Waals surface area contributed by atoms with Crippen LogP contribution < -0.4 is 15.4 Å². The fourth-order valence-corrected chi connectivity index (χ4v) is 2.67. The fourth-order valence-electron chi connectivity index (χ4n) is 2.67. The number of rotatable bonds is 5. The first kappa shape index (κ1) is 20.9. The van der Waals surface area contributed by atoms with Crippen molar-refractivity contribution in [3.63, 3.8) is 0 Å². The SMILES string of the molecule is CC(=O)Nc1ccc(OC(=O)c2ccccc2Nc2cccc(C(F)(F)F)c2)cc1. The molecule has 8 heteroatoms. The highest BCUT2D eigenvalue weighted by Gasteiger charge is 2.30. The normalized spacial score (nSPS) is 10.9. The number of esters is 1. The summed E-state index contributed by atoms with van der Waals surface area (Å²) in [5.41, 5.74) is 0.392. The summed E-state index contributed by atoms with van der Waals surface area (Å²) in [6.45, 7) is 1.38. The highest BCUT2D eigenvalue weighted by Crippen LogP contribution is 2.32. The van der Waals surface area contributed by atoms with E-state index in [0.29, 0.717) is 11.4 Å². The van der Waals surface area contributed by atoms with E-state index in [9.17, 15) is 22.8 Å². The van der Waals surface area contributed by atoms with Crippen LogP contribution in [0.1, 0.15) is 22.8 Å². The number of halogens is 3. The number of nitrogens with one attached hydrogen (secondary N) is 2. The molecular formula is C22H17F3N2O3. The lowest BCUT2D eigenvalue weighted by Crippen LogP contribution is -2.11. The quantitative estimate of drug-likeness (QED) is 0.420. The second-order valence-corrected chi connectivity index (χ2v) is 6.34. The van der Waals surface area contributed by atoms with Gasteiger partial charge < -0.3 is 15.4 Å². The van der Waals surface area contributed by atoms with Gasteiger partial charge in [0.25, 0.3) is 0 Å². The predicted molar refractivity (Wildman–Crippen MR) is 107 cm³/mol. The number of carbonyl (C=O) groups is 2. The molecule has 0 spiro atoms. The molecule has 0 aliphatic heterocycles. The van der Waals surface area contributed by atoms with Gasteiger partial charge in [0, 0.05) is 18.3 Å². The average Bonchev–Trinajstić information content (AvgIpc) is 2.69. The molecule has 0 radical (unpaired) electrons. The van der Waals surface area contributed by atoms with Gasteiger partial charge in [-0.15, -0.1) is 0 Å². The van der Waals surface area contributed by atoms with Crippen molar-refractivity contribution in [2.24, 2.45) is 0 Å². The topological polar surface area (TPSA) is 67.4 Å². The lowest BCUT2D eigenvalue weighted by Gasteiger charge is -2.13. The van der Waals surface area contributed by atoms with Crippen LogP contribution in [0.15, 0.2) is 72.8 Å².